The Balaban J connectivity index is 2.03. The van der Waals surface area contributed by atoms with Gasteiger partial charge < -0.3 is 14.7 Å². The van der Waals surface area contributed by atoms with Gasteiger partial charge in [0.1, 0.15) is 0 Å². The molecule has 0 amide bonds. The molecule has 4 heteroatoms. The molecule has 2 atom stereocenters. The molecule has 2 aliphatic rings. The quantitative estimate of drug-likeness (QED) is 0.445. The predicted octanol–water partition coefficient (Wildman–Crippen LogP) is -0.484. The molecule has 0 radical (unpaired) electrons. The Morgan fingerprint density at radius 2 is 1.92 bits per heavy atom. The molecule has 0 aromatic carbocycles. The Kier molecular flexibility index (Phi) is 2.19. The largest absolute Gasteiger partial charge is 0.393 e. The summed E-state index contributed by atoms with van der Waals surface area (Å²) in [5.74, 6) is 0. The van der Waals surface area contributed by atoms with Crippen LogP contribution in [0.1, 0.15) is 25.7 Å². The van der Waals surface area contributed by atoms with Crippen molar-refractivity contribution in [1.29, 1.82) is 0 Å². The van der Waals surface area contributed by atoms with E-state index in [0.29, 0.717) is 19.5 Å². The van der Waals surface area contributed by atoms with Crippen LogP contribution in [0.4, 0.5) is 0 Å². The maximum absolute atomic E-state index is 10.4. The second kappa shape index (κ2) is 3.19. The number of fused-ring (bicyclic) bond motifs is 2. The van der Waals surface area contributed by atoms with E-state index in [4.69, 9.17) is 0 Å². The summed E-state index contributed by atoms with van der Waals surface area (Å²) in [6.07, 6.45) is 4.91. The number of hydrogen-bond donors (Lipinski definition) is 1. The molecule has 0 aromatic heterocycles. The van der Waals surface area contributed by atoms with Gasteiger partial charge in [0.15, 0.2) is 0 Å². The molecule has 0 saturated carbocycles. The average Bonchev–Trinajstić information content (AvgIpc) is 2.32. The van der Waals surface area contributed by atoms with Crippen molar-refractivity contribution in [2.75, 3.05) is 0 Å². The summed E-state index contributed by atoms with van der Waals surface area (Å²) < 4.78 is 0. The fraction of sp³-hybridized carbons (Fsp3) is 0.875. The lowest BCUT2D eigenvalue weighted by molar-refractivity contribution is 0.0768. The summed E-state index contributed by atoms with van der Waals surface area (Å²) in [4.78, 5) is 12.6. The van der Waals surface area contributed by atoms with Crippen molar-refractivity contribution in [1.82, 2.24) is 4.81 Å². The number of carbonyl (C=O) groups excluding carboxylic acids is 1. The summed E-state index contributed by atoms with van der Waals surface area (Å²) >= 11 is 0. The highest BCUT2D eigenvalue weighted by Gasteiger charge is 2.39. The van der Waals surface area contributed by atoms with Crippen LogP contribution in [0.3, 0.4) is 0 Å². The normalized spacial score (nSPS) is 41.2. The summed E-state index contributed by atoms with van der Waals surface area (Å²) in [7, 11) is 0.558. The van der Waals surface area contributed by atoms with Crippen LogP contribution in [0.15, 0.2) is 0 Å². The Bertz CT molecular complexity index is 174. The molecule has 2 rings (SSSR count). The Hall–Kier alpha value is -0.345. The zero-order valence-corrected chi connectivity index (χ0v) is 7.15. The van der Waals surface area contributed by atoms with E-state index in [2.05, 4.69) is 4.81 Å². The maximum atomic E-state index is 10.4. The van der Waals surface area contributed by atoms with Crippen LogP contribution in [-0.4, -0.2) is 41.7 Å². The van der Waals surface area contributed by atoms with Gasteiger partial charge in [-0.3, -0.25) is 0 Å². The summed E-state index contributed by atoms with van der Waals surface area (Å²) in [6.45, 7) is 0. The SMILES string of the molecule is O=CBN1C2CCC1CC(O)C2. The molecule has 66 valence electrons. The zero-order valence-electron chi connectivity index (χ0n) is 7.15. The monoisotopic (exact) mass is 167 g/mol. The van der Waals surface area contributed by atoms with Gasteiger partial charge in [-0.25, -0.2) is 0 Å². The molecule has 3 nitrogen and oxygen atoms in total. The van der Waals surface area contributed by atoms with Crippen LogP contribution >= 0.6 is 0 Å². The van der Waals surface area contributed by atoms with Crippen molar-refractivity contribution in [2.45, 2.75) is 43.9 Å². The minimum atomic E-state index is -0.120. The standard InChI is InChI=1S/C8H14BNO2/c11-5-9-10-6-1-2-7(10)4-8(12)3-6/h5-9,12H,1-4H2. The van der Waals surface area contributed by atoms with E-state index in [1.807, 2.05) is 0 Å². The minimum Gasteiger partial charge on any atom is -0.393 e. The number of piperidine rings is 1. The van der Waals surface area contributed by atoms with Crippen LogP contribution < -0.4 is 0 Å². The number of hydrogen-bond acceptors (Lipinski definition) is 3. The van der Waals surface area contributed by atoms with Crippen molar-refractivity contribution < 1.29 is 9.90 Å². The van der Waals surface area contributed by atoms with Gasteiger partial charge in [0.05, 0.1) is 12.3 Å². The molecule has 2 fully saturated rings. The first-order valence-corrected chi connectivity index (χ1v) is 4.68. The minimum absolute atomic E-state index is 0.120. The van der Waals surface area contributed by atoms with Crippen LogP contribution in [0, 0.1) is 0 Å². The molecule has 2 heterocycles. The molecule has 1 N–H and O–H groups in total. The van der Waals surface area contributed by atoms with Gasteiger partial charge in [0.25, 0.3) is 7.41 Å². The van der Waals surface area contributed by atoms with Crippen LogP contribution in [-0.2, 0) is 4.79 Å². The predicted molar refractivity (Wildman–Crippen MR) is 47.8 cm³/mol. The van der Waals surface area contributed by atoms with Gasteiger partial charge in [-0.1, -0.05) is 0 Å². The third-order valence-electron chi connectivity index (χ3n) is 3.14. The summed E-state index contributed by atoms with van der Waals surface area (Å²) in [6, 6.07) is 0.952. The number of rotatable bonds is 2. The van der Waals surface area contributed by atoms with E-state index in [1.54, 1.807) is 0 Å². The number of aliphatic hydroxyl groups is 1. The van der Waals surface area contributed by atoms with E-state index in [1.165, 1.54) is 0 Å². The fourth-order valence-corrected chi connectivity index (χ4v) is 2.63. The lowest BCUT2D eigenvalue weighted by Gasteiger charge is -2.35. The van der Waals surface area contributed by atoms with E-state index < -0.39 is 0 Å². The lowest BCUT2D eigenvalue weighted by Crippen LogP contribution is -2.47. The molecule has 2 unspecified atom stereocenters. The molecule has 2 bridgehead atoms. The van der Waals surface area contributed by atoms with Gasteiger partial charge in [0.2, 0.25) is 0 Å². The van der Waals surface area contributed by atoms with Crippen molar-refractivity contribution in [2.24, 2.45) is 0 Å². The van der Waals surface area contributed by atoms with Gasteiger partial charge in [-0.2, -0.15) is 0 Å². The van der Waals surface area contributed by atoms with Crippen molar-refractivity contribution in [3.63, 3.8) is 0 Å². The average molecular weight is 167 g/mol. The highest BCUT2D eigenvalue weighted by Crippen LogP contribution is 2.34. The van der Waals surface area contributed by atoms with Crippen molar-refractivity contribution in [3.05, 3.63) is 0 Å². The molecule has 0 aromatic rings. The first-order chi connectivity index (χ1) is 5.81. The Morgan fingerprint density at radius 1 is 1.33 bits per heavy atom. The third-order valence-corrected chi connectivity index (χ3v) is 3.14. The van der Waals surface area contributed by atoms with Gasteiger partial charge in [0, 0.05) is 12.1 Å². The van der Waals surface area contributed by atoms with E-state index in [-0.39, 0.29) is 6.10 Å². The summed E-state index contributed by atoms with van der Waals surface area (Å²) in [5.41, 5.74) is 0. The van der Waals surface area contributed by atoms with Crippen LogP contribution in [0.2, 0.25) is 0 Å². The highest BCUT2D eigenvalue weighted by atomic mass is 16.3. The second-order valence-electron chi connectivity index (χ2n) is 3.87. The zero-order chi connectivity index (χ0) is 8.55. The van der Waals surface area contributed by atoms with E-state index in [0.717, 1.165) is 31.9 Å². The molecular weight excluding hydrogens is 153 g/mol. The number of nitrogens with zero attached hydrogens (tertiary/aromatic N) is 1. The van der Waals surface area contributed by atoms with Gasteiger partial charge in [-0.15, -0.1) is 0 Å². The van der Waals surface area contributed by atoms with Crippen LogP contribution in [0.5, 0.6) is 0 Å². The van der Waals surface area contributed by atoms with Crippen LogP contribution in [0.25, 0.3) is 0 Å². The first kappa shape index (κ1) is 8.26. The van der Waals surface area contributed by atoms with E-state index >= 15 is 0 Å². The first-order valence-electron chi connectivity index (χ1n) is 4.68. The molecule has 2 aliphatic heterocycles. The summed E-state index contributed by atoms with van der Waals surface area (Å²) in [5, 5.41) is 9.46. The molecule has 2 saturated heterocycles. The van der Waals surface area contributed by atoms with Crippen molar-refractivity contribution in [3.8, 4) is 0 Å². The third kappa shape index (κ3) is 1.29. The topological polar surface area (TPSA) is 40.5 Å². The molecule has 12 heavy (non-hydrogen) atoms. The highest BCUT2D eigenvalue weighted by molar-refractivity contribution is 6.64. The lowest BCUT2D eigenvalue weighted by atomic mass is 9.85. The molecular formula is C8H14BNO2. The fourth-order valence-electron chi connectivity index (χ4n) is 2.63. The Morgan fingerprint density at radius 3 is 2.42 bits per heavy atom. The molecule has 0 aliphatic carbocycles. The molecule has 0 spiro atoms. The number of carbonyl (C=O) groups is 1. The maximum Gasteiger partial charge on any atom is 0.281 e. The van der Waals surface area contributed by atoms with Gasteiger partial charge >= 0.3 is 0 Å². The van der Waals surface area contributed by atoms with Crippen molar-refractivity contribution >= 4 is 13.6 Å². The smallest absolute Gasteiger partial charge is 0.281 e. The second-order valence-corrected chi connectivity index (χ2v) is 3.87. The Labute approximate surface area is 73.0 Å². The van der Waals surface area contributed by atoms with Gasteiger partial charge in [-0.05, 0) is 25.7 Å². The van der Waals surface area contributed by atoms with E-state index in [9.17, 15) is 9.90 Å². The number of aliphatic hydroxyl groups excluding tert-OH is 1.